The average molecular weight is 249 g/mol. The Morgan fingerprint density at radius 1 is 1.50 bits per heavy atom. The number of aryl methyl sites for hydroxylation is 1. The Balaban J connectivity index is 2.15. The zero-order valence-corrected chi connectivity index (χ0v) is 11.5. The van der Waals surface area contributed by atoms with Crippen molar-refractivity contribution < 1.29 is 4.74 Å². The number of nitrogens with zero attached hydrogens (tertiary/aromatic N) is 2. The number of pyridine rings is 1. The molecule has 100 valence electrons. The summed E-state index contributed by atoms with van der Waals surface area (Å²) in [7, 11) is 2.15. The van der Waals surface area contributed by atoms with E-state index in [1.807, 2.05) is 6.20 Å². The third kappa shape index (κ3) is 3.07. The number of nitrogens with one attached hydrogen (secondary N) is 1. The molecule has 2 atom stereocenters. The molecule has 1 N–H and O–H groups in total. The molecule has 0 aliphatic carbocycles. The van der Waals surface area contributed by atoms with Crippen molar-refractivity contribution in [1.82, 2.24) is 15.2 Å². The third-order valence-electron chi connectivity index (χ3n) is 3.44. The van der Waals surface area contributed by atoms with Gasteiger partial charge in [-0.15, -0.1) is 0 Å². The molecule has 1 aliphatic rings. The number of hydrogen-bond donors (Lipinski definition) is 1. The summed E-state index contributed by atoms with van der Waals surface area (Å²) in [4.78, 5) is 6.90. The summed E-state index contributed by atoms with van der Waals surface area (Å²) in [6.07, 6.45) is 2.11. The minimum Gasteiger partial charge on any atom is -0.374 e. The highest BCUT2D eigenvalue weighted by molar-refractivity contribution is 5.17. The molecule has 0 radical (unpaired) electrons. The van der Waals surface area contributed by atoms with Gasteiger partial charge in [-0.25, -0.2) is 0 Å². The second kappa shape index (κ2) is 6.27. The number of ether oxygens (including phenoxy) is 1. The molecule has 0 aromatic carbocycles. The summed E-state index contributed by atoms with van der Waals surface area (Å²) in [6, 6.07) is 4.48. The van der Waals surface area contributed by atoms with E-state index in [9.17, 15) is 0 Å². The van der Waals surface area contributed by atoms with E-state index >= 15 is 0 Å². The zero-order chi connectivity index (χ0) is 13.0. The molecule has 1 fully saturated rings. The van der Waals surface area contributed by atoms with Gasteiger partial charge in [-0.1, -0.05) is 13.0 Å². The van der Waals surface area contributed by atoms with Crippen LogP contribution < -0.4 is 5.32 Å². The van der Waals surface area contributed by atoms with E-state index < -0.39 is 0 Å². The maximum atomic E-state index is 5.90. The zero-order valence-electron chi connectivity index (χ0n) is 11.5. The Kier molecular flexibility index (Phi) is 4.69. The van der Waals surface area contributed by atoms with E-state index in [2.05, 4.69) is 48.2 Å². The van der Waals surface area contributed by atoms with Crippen LogP contribution in [-0.2, 0) is 4.74 Å². The van der Waals surface area contributed by atoms with Crippen LogP contribution in [0.5, 0.6) is 0 Å². The molecule has 4 heteroatoms. The van der Waals surface area contributed by atoms with Crippen molar-refractivity contribution in [2.24, 2.45) is 0 Å². The van der Waals surface area contributed by atoms with Crippen molar-refractivity contribution in [3.8, 4) is 0 Å². The van der Waals surface area contributed by atoms with Crippen LogP contribution in [-0.4, -0.2) is 49.3 Å². The molecule has 1 aromatic heterocycles. The summed E-state index contributed by atoms with van der Waals surface area (Å²) in [5.74, 6) is 0. The molecule has 0 amide bonds. The Morgan fingerprint density at radius 2 is 2.33 bits per heavy atom. The van der Waals surface area contributed by atoms with Crippen LogP contribution in [0, 0.1) is 6.92 Å². The summed E-state index contributed by atoms with van der Waals surface area (Å²) in [5, 5.41) is 3.37. The van der Waals surface area contributed by atoms with Gasteiger partial charge in [-0.3, -0.25) is 9.88 Å². The largest absolute Gasteiger partial charge is 0.374 e. The molecule has 18 heavy (non-hydrogen) atoms. The predicted octanol–water partition coefficient (Wildman–Crippen LogP) is 1.37. The predicted molar refractivity (Wildman–Crippen MR) is 72.6 cm³/mol. The van der Waals surface area contributed by atoms with E-state index in [1.165, 1.54) is 5.56 Å². The lowest BCUT2D eigenvalue weighted by atomic mass is 10.0. The van der Waals surface area contributed by atoms with Gasteiger partial charge in [-0.05, 0) is 32.1 Å². The minimum absolute atomic E-state index is 0.180. The van der Waals surface area contributed by atoms with Crippen LogP contribution >= 0.6 is 0 Å². The lowest BCUT2D eigenvalue weighted by Crippen LogP contribution is -2.47. The highest BCUT2D eigenvalue weighted by Crippen LogP contribution is 2.26. The van der Waals surface area contributed by atoms with Crippen LogP contribution in [0.4, 0.5) is 0 Å². The number of likely N-dealkylation sites (N-methyl/N-ethyl adjacent to an activating group) is 2. The van der Waals surface area contributed by atoms with E-state index in [-0.39, 0.29) is 12.1 Å². The van der Waals surface area contributed by atoms with Crippen LogP contribution in [0.25, 0.3) is 0 Å². The molecule has 1 aromatic rings. The van der Waals surface area contributed by atoms with Gasteiger partial charge in [0.1, 0.15) is 0 Å². The fraction of sp³-hybridized carbons (Fsp3) is 0.643. The SMILES string of the molecule is CCNCC1OCCN(C)C1c1ccc(C)cn1. The molecule has 2 unspecified atom stereocenters. The van der Waals surface area contributed by atoms with Gasteiger partial charge in [0.05, 0.1) is 24.4 Å². The molecule has 4 nitrogen and oxygen atoms in total. The van der Waals surface area contributed by atoms with Gasteiger partial charge in [0, 0.05) is 19.3 Å². The average Bonchev–Trinajstić information content (AvgIpc) is 2.38. The summed E-state index contributed by atoms with van der Waals surface area (Å²) in [6.45, 7) is 7.79. The summed E-state index contributed by atoms with van der Waals surface area (Å²) in [5.41, 5.74) is 2.30. The second-order valence-electron chi connectivity index (χ2n) is 4.90. The molecular weight excluding hydrogens is 226 g/mol. The summed E-state index contributed by atoms with van der Waals surface area (Å²) >= 11 is 0. The molecule has 0 bridgehead atoms. The first-order chi connectivity index (χ1) is 8.72. The van der Waals surface area contributed by atoms with Crippen molar-refractivity contribution in [1.29, 1.82) is 0 Å². The smallest absolute Gasteiger partial charge is 0.0911 e. The van der Waals surface area contributed by atoms with Gasteiger partial charge >= 0.3 is 0 Å². The molecule has 2 rings (SSSR count). The lowest BCUT2D eigenvalue weighted by molar-refractivity contribution is -0.0624. The molecule has 0 spiro atoms. The fourth-order valence-electron chi connectivity index (χ4n) is 2.39. The summed E-state index contributed by atoms with van der Waals surface area (Å²) < 4.78 is 5.90. The maximum absolute atomic E-state index is 5.90. The topological polar surface area (TPSA) is 37.4 Å². The Morgan fingerprint density at radius 3 is 3.00 bits per heavy atom. The first-order valence-corrected chi connectivity index (χ1v) is 6.67. The third-order valence-corrected chi connectivity index (χ3v) is 3.44. The van der Waals surface area contributed by atoms with Crippen molar-refractivity contribution in [2.75, 3.05) is 33.3 Å². The first kappa shape index (κ1) is 13.5. The Hall–Kier alpha value is -0.970. The minimum atomic E-state index is 0.180. The highest BCUT2D eigenvalue weighted by atomic mass is 16.5. The molecule has 0 saturated carbocycles. The Labute approximate surface area is 109 Å². The van der Waals surface area contributed by atoms with Crippen molar-refractivity contribution in [3.05, 3.63) is 29.6 Å². The van der Waals surface area contributed by atoms with Gasteiger partial charge in [0.2, 0.25) is 0 Å². The molecule has 1 aliphatic heterocycles. The van der Waals surface area contributed by atoms with Crippen LogP contribution in [0.15, 0.2) is 18.3 Å². The monoisotopic (exact) mass is 249 g/mol. The van der Waals surface area contributed by atoms with E-state index in [0.717, 1.165) is 31.9 Å². The molecule has 1 saturated heterocycles. The number of hydrogen-bond acceptors (Lipinski definition) is 4. The van der Waals surface area contributed by atoms with Gasteiger partial charge in [-0.2, -0.15) is 0 Å². The fourth-order valence-corrected chi connectivity index (χ4v) is 2.39. The standard InChI is InChI=1S/C14H23N3O/c1-4-15-10-13-14(17(3)7-8-18-13)12-6-5-11(2)9-16-12/h5-6,9,13-15H,4,7-8,10H2,1-3H3. The van der Waals surface area contributed by atoms with E-state index in [0.29, 0.717) is 0 Å². The number of rotatable bonds is 4. The molecule has 2 heterocycles. The van der Waals surface area contributed by atoms with Crippen LogP contribution in [0.1, 0.15) is 24.2 Å². The lowest BCUT2D eigenvalue weighted by Gasteiger charge is -2.38. The van der Waals surface area contributed by atoms with Crippen molar-refractivity contribution in [2.45, 2.75) is 26.0 Å². The first-order valence-electron chi connectivity index (χ1n) is 6.67. The van der Waals surface area contributed by atoms with E-state index in [4.69, 9.17) is 4.74 Å². The van der Waals surface area contributed by atoms with Crippen LogP contribution in [0.3, 0.4) is 0 Å². The number of aromatic nitrogens is 1. The van der Waals surface area contributed by atoms with Crippen LogP contribution in [0.2, 0.25) is 0 Å². The van der Waals surface area contributed by atoms with Gasteiger partial charge in [0.25, 0.3) is 0 Å². The molecular formula is C14H23N3O. The maximum Gasteiger partial charge on any atom is 0.0911 e. The quantitative estimate of drug-likeness (QED) is 0.874. The number of morpholine rings is 1. The Bertz CT molecular complexity index is 366. The normalized spacial score (nSPS) is 25.3. The highest BCUT2D eigenvalue weighted by Gasteiger charge is 2.31. The second-order valence-corrected chi connectivity index (χ2v) is 4.90. The van der Waals surface area contributed by atoms with Crippen molar-refractivity contribution >= 4 is 0 Å². The van der Waals surface area contributed by atoms with Crippen molar-refractivity contribution in [3.63, 3.8) is 0 Å². The van der Waals surface area contributed by atoms with Gasteiger partial charge in [0.15, 0.2) is 0 Å². The van der Waals surface area contributed by atoms with Gasteiger partial charge < -0.3 is 10.1 Å². The van der Waals surface area contributed by atoms with E-state index in [1.54, 1.807) is 0 Å².